The fourth-order valence-electron chi connectivity index (χ4n) is 1.58. The molecule has 0 saturated heterocycles. The molecule has 2 rings (SSSR count). The van der Waals surface area contributed by atoms with Gasteiger partial charge in [-0.15, -0.1) is 0 Å². The number of alkyl halides is 3. The largest absolute Gasteiger partial charge is 0.416 e. The van der Waals surface area contributed by atoms with Crippen LogP contribution in [0.2, 0.25) is 0 Å². The fourth-order valence-corrected chi connectivity index (χ4v) is 1.58. The minimum atomic E-state index is -4.36. The summed E-state index contributed by atoms with van der Waals surface area (Å²) in [4.78, 5) is 9.79. The molecule has 1 aromatic carbocycles. The lowest BCUT2D eigenvalue weighted by molar-refractivity contribution is -0.137. The number of aromatic nitrogens is 2. The first kappa shape index (κ1) is 14.1. The van der Waals surface area contributed by atoms with E-state index in [-0.39, 0.29) is 0 Å². The van der Waals surface area contributed by atoms with Crippen LogP contribution in [-0.4, -0.2) is 24.1 Å². The molecule has 0 bridgehead atoms. The molecule has 20 heavy (non-hydrogen) atoms. The smallest absolute Gasteiger partial charge is 0.363 e. The second kappa shape index (κ2) is 5.36. The van der Waals surface area contributed by atoms with Crippen LogP contribution in [0, 0.1) is 0 Å². The Morgan fingerprint density at radius 3 is 2.50 bits per heavy atom. The summed E-state index contributed by atoms with van der Waals surface area (Å²) in [7, 11) is 3.63. The molecule has 0 radical (unpaired) electrons. The molecule has 7 heteroatoms. The van der Waals surface area contributed by atoms with Crippen LogP contribution in [0.3, 0.4) is 0 Å². The third-order valence-electron chi connectivity index (χ3n) is 2.57. The van der Waals surface area contributed by atoms with Crippen molar-refractivity contribution in [1.29, 1.82) is 0 Å². The zero-order valence-corrected chi connectivity index (χ0v) is 10.9. The fraction of sp³-hybridized carbons (Fsp3) is 0.231. The minimum Gasteiger partial charge on any atom is -0.363 e. The van der Waals surface area contributed by atoms with Gasteiger partial charge in [-0.2, -0.15) is 13.2 Å². The average Bonchev–Trinajstić information content (AvgIpc) is 2.38. The molecule has 106 valence electrons. The van der Waals surface area contributed by atoms with Gasteiger partial charge in [-0.25, -0.2) is 9.97 Å². The number of hydrogen-bond acceptors (Lipinski definition) is 4. The summed E-state index contributed by atoms with van der Waals surface area (Å²) in [5, 5.41) is 2.83. The molecule has 2 aromatic rings. The number of rotatable bonds is 3. The summed E-state index contributed by atoms with van der Waals surface area (Å²) in [6, 6.07) is 6.61. The summed E-state index contributed by atoms with van der Waals surface area (Å²) >= 11 is 0. The molecule has 1 heterocycles. The second-order valence-electron chi connectivity index (χ2n) is 4.36. The van der Waals surface area contributed by atoms with Crippen LogP contribution in [0.5, 0.6) is 0 Å². The molecule has 0 aliphatic rings. The molecule has 0 spiro atoms. The van der Waals surface area contributed by atoms with Gasteiger partial charge in [-0.1, -0.05) is 6.07 Å². The Hall–Kier alpha value is -2.31. The standard InChI is InChI=1S/C13H13F3N4/c1-20(2)12-7-11(17-8-18-12)19-10-5-3-4-9(6-10)13(14,15)16/h3-8H,1-2H3,(H,17,18,19). The van der Waals surface area contributed by atoms with Crippen LogP contribution in [-0.2, 0) is 6.18 Å². The van der Waals surface area contributed by atoms with E-state index in [0.29, 0.717) is 17.3 Å². The molecule has 1 aromatic heterocycles. The number of benzene rings is 1. The van der Waals surface area contributed by atoms with Gasteiger partial charge in [0.15, 0.2) is 0 Å². The lowest BCUT2D eigenvalue weighted by Crippen LogP contribution is -2.11. The molecule has 4 nitrogen and oxygen atoms in total. The summed E-state index contributed by atoms with van der Waals surface area (Å²) in [5.74, 6) is 1.09. The first-order chi connectivity index (χ1) is 9.36. The van der Waals surface area contributed by atoms with Crippen molar-refractivity contribution in [3.63, 3.8) is 0 Å². The third kappa shape index (κ3) is 3.37. The van der Waals surface area contributed by atoms with E-state index in [2.05, 4.69) is 15.3 Å². The van der Waals surface area contributed by atoms with Gasteiger partial charge in [-0.3, -0.25) is 0 Å². The highest BCUT2D eigenvalue weighted by molar-refractivity contribution is 5.59. The van der Waals surface area contributed by atoms with Crippen molar-refractivity contribution in [3.05, 3.63) is 42.2 Å². The Morgan fingerprint density at radius 2 is 1.85 bits per heavy atom. The molecule has 0 atom stereocenters. The van der Waals surface area contributed by atoms with Gasteiger partial charge >= 0.3 is 6.18 Å². The van der Waals surface area contributed by atoms with E-state index < -0.39 is 11.7 Å². The first-order valence-electron chi connectivity index (χ1n) is 5.80. The maximum atomic E-state index is 12.6. The predicted molar refractivity (Wildman–Crippen MR) is 71.1 cm³/mol. The van der Waals surface area contributed by atoms with E-state index in [0.717, 1.165) is 12.1 Å². The maximum Gasteiger partial charge on any atom is 0.416 e. The Morgan fingerprint density at radius 1 is 1.10 bits per heavy atom. The Balaban J connectivity index is 2.24. The van der Waals surface area contributed by atoms with Gasteiger partial charge in [0.25, 0.3) is 0 Å². The quantitative estimate of drug-likeness (QED) is 0.937. The van der Waals surface area contributed by atoms with Crippen molar-refractivity contribution >= 4 is 17.3 Å². The topological polar surface area (TPSA) is 41.0 Å². The number of anilines is 3. The van der Waals surface area contributed by atoms with Crippen molar-refractivity contribution in [3.8, 4) is 0 Å². The van der Waals surface area contributed by atoms with Crippen molar-refractivity contribution < 1.29 is 13.2 Å². The van der Waals surface area contributed by atoms with Crippen molar-refractivity contribution in [1.82, 2.24) is 9.97 Å². The summed E-state index contributed by atoms with van der Waals surface area (Å²) in [5.41, 5.74) is -0.382. The molecular weight excluding hydrogens is 269 g/mol. The number of halogens is 3. The minimum absolute atomic E-state index is 0.322. The van der Waals surface area contributed by atoms with Crippen LogP contribution in [0.15, 0.2) is 36.7 Å². The van der Waals surface area contributed by atoms with Crippen LogP contribution in [0.1, 0.15) is 5.56 Å². The molecule has 0 amide bonds. The zero-order valence-electron chi connectivity index (χ0n) is 10.9. The maximum absolute atomic E-state index is 12.6. The Kier molecular flexibility index (Phi) is 3.78. The van der Waals surface area contributed by atoms with Gasteiger partial charge < -0.3 is 10.2 Å². The van der Waals surface area contributed by atoms with E-state index >= 15 is 0 Å². The lowest BCUT2D eigenvalue weighted by Gasteiger charge is -2.13. The number of nitrogens with one attached hydrogen (secondary N) is 1. The average molecular weight is 282 g/mol. The van der Waals surface area contributed by atoms with E-state index in [9.17, 15) is 13.2 Å². The first-order valence-corrected chi connectivity index (χ1v) is 5.80. The van der Waals surface area contributed by atoms with Crippen molar-refractivity contribution in [2.45, 2.75) is 6.18 Å². The van der Waals surface area contributed by atoms with Crippen LogP contribution >= 0.6 is 0 Å². The van der Waals surface area contributed by atoms with Gasteiger partial charge in [0.2, 0.25) is 0 Å². The molecule has 0 fully saturated rings. The van der Waals surface area contributed by atoms with Crippen LogP contribution < -0.4 is 10.2 Å². The van der Waals surface area contributed by atoms with E-state index in [4.69, 9.17) is 0 Å². The monoisotopic (exact) mass is 282 g/mol. The van der Waals surface area contributed by atoms with E-state index in [1.54, 1.807) is 17.0 Å². The van der Waals surface area contributed by atoms with Gasteiger partial charge in [0.1, 0.15) is 18.0 Å². The summed E-state index contributed by atoms with van der Waals surface area (Å²) in [6.45, 7) is 0. The second-order valence-corrected chi connectivity index (χ2v) is 4.36. The van der Waals surface area contributed by atoms with Gasteiger partial charge in [0.05, 0.1) is 5.56 Å². The molecule has 0 saturated carbocycles. The van der Waals surface area contributed by atoms with Crippen LogP contribution in [0.4, 0.5) is 30.5 Å². The molecule has 0 aliphatic heterocycles. The Labute approximate surface area is 114 Å². The third-order valence-corrected chi connectivity index (χ3v) is 2.57. The lowest BCUT2D eigenvalue weighted by atomic mass is 10.2. The van der Waals surface area contributed by atoms with Crippen LogP contribution in [0.25, 0.3) is 0 Å². The molecular formula is C13H13F3N4. The van der Waals surface area contributed by atoms with E-state index in [1.807, 2.05) is 14.1 Å². The molecule has 0 aliphatic carbocycles. The highest BCUT2D eigenvalue weighted by Gasteiger charge is 2.30. The Bertz CT molecular complexity index is 596. The van der Waals surface area contributed by atoms with Crippen molar-refractivity contribution in [2.24, 2.45) is 0 Å². The SMILES string of the molecule is CN(C)c1cc(Nc2cccc(C(F)(F)F)c2)ncn1. The normalized spacial score (nSPS) is 11.2. The summed E-state index contributed by atoms with van der Waals surface area (Å²) in [6.07, 6.45) is -3.01. The highest BCUT2D eigenvalue weighted by atomic mass is 19.4. The zero-order chi connectivity index (χ0) is 14.8. The predicted octanol–water partition coefficient (Wildman–Crippen LogP) is 3.31. The number of hydrogen-bond donors (Lipinski definition) is 1. The van der Waals surface area contributed by atoms with E-state index in [1.165, 1.54) is 12.4 Å². The molecule has 1 N–H and O–H groups in total. The highest BCUT2D eigenvalue weighted by Crippen LogP contribution is 2.31. The van der Waals surface area contributed by atoms with Crippen molar-refractivity contribution in [2.75, 3.05) is 24.3 Å². The summed E-state index contributed by atoms with van der Waals surface area (Å²) < 4.78 is 37.8. The molecule has 0 unspecified atom stereocenters. The van der Waals surface area contributed by atoms with Gasteiger partial charge in [0, 0.05) is 25.8 Å². The van der Waals surface area contributed by atoms with Gasteiger partial charge in [-0.05, 0) is 18.2 Å². The number of nitrogens with zero attached hydrogens (tertiary/aromatic N) is 3.